The van der Waals surface area contributed by atoms with Gasteiger partial charge < -0.3 is 9.30 Å². The molecular formula is C18H17N3O2. The van der Waals surface area contributed by atoms with E-state index in [4.69, 9.17) is 4.74 Å². The van der Waals surface area contributed by atoms with E-state index < -0.39 is 0 Å². The second kappa shape index (κ2) is 6.79. The average molecular weight is 307 g/mol. The standard InChI is InChI=1S/C18H17N3O2/c1-21-10-4-7-16(21)12-19-20-18(22)13-23-17-9-8-14-5-2-3-6-15(14)11-17/h2-12H,13H2,1H3,(H,20,22)/b19-12+. The highest BCUT2D eigenvalue weighted by Crippen LogP contribution is 2.20. The molecule has 1 amide bonds. The van der Waals surface area contributed by atoms with E-state index in [2.05, 4.69) is 10.5 Å². The maximum Gasteiger partial charge on any atom is 0.277 e. The number of rotatable bonds is 5. The normalized spacial score (nSPS) is 11.0. The van der Waals surface area contributed by atoms with Gasteiger partial charge in [0.15, 0.2) is 6.61 Å². The van der Waals surface area contributed by atoms with Gasteiger partial charge in [0.05, 0.1) is 11.9 Å². The molecule has 0 aliphatic heterocycles. The zero-order chi connectivity index (χ0) is 16.1. The van der Waals surface area contributed by atoms with E-state index in [1.54, 1.807) is 6.21 Å². The molecule has 0 aliphatic rings. The van der Waals surface area contributed by atoms with Crippen LogP contribution in [0.4, 0.5) is 0 Å². The fraction of sp³-hybridized carbons (Fsp3) is 0.111. The fourth-order valence-electron chi connectivity index (χ4n) is 2.22. The summed E-state index contributed by atoms with van der Waals surface area (Å²) >= 11 is 0. The summed E-state index contributed by atoms with van der Waals surface area (Å²) in [6.07, 6.45) is 3.50. The SMILES string of the molecule is Cn1cccc1/C=N/NC(=O)COc1ccc2ccccc2c1. The van der Waals surface area contributed by atoms with Crippen molar-refractivity contribution < 1.29 is 9.53 Å². The molecule has 5 nitrogen and oxygen atoms in total. The molecule has 0 saturated carbocycles. The highest BCUT2D eigenvalue weighted by atomic mass is 16.5. The van der Waals surface area contributed by atoms with Gasteiger partial charge in [-0.15, -0.1) is 0 Å². The number of hydrogen-bond donors (Lipinski definition) is 1. The number of carbonyl (C=O) groups is 1. The van der Waals surface area contributed by atoms with Gasteiger partial charge in [0.25, 0.3) is 5.91 Å². The molecule has 23 heavy (non-hydrogen) atoms. The average Bonchev–Trinajstić information content (AvgIpc) is 2.98. The van der Waals surface area contributed by atoms with E-state index in [9.17, 15) is 4.79 Å². The Morgan fingerprint density at radius 1 is 1.17 bits per heavy atom. The molecule has 3 aromatic rings. The van der Waals surface area contributed by atoms with E-state index in [-0.39, 0.29) is 12.5 Å². The van der Waals surface area contributed by atoms with Crippen LogP contribution < -0.4 is 10.2 Å². The second-order valence-corrected chi connectivity index (χ2v) is 5.13. The quantitative estimate of drug-likeness (QED) is 0.582. The molecule has 0 radical (unpaired) electrons. The number of hydrazone groups is 1. The van der Waals surface area contributed by atoms with E-state index >= 15 is 0 Å². The molecule has 3 rings (SSSR count). The van der Waals surface area contributed by atoms with Crippen molar-refractivity contribution in [3.63, 3.8) is 0 Å². The lowest BCUT2D eigenvalue weighted by molar-refractivity contribution is -0.123. The predicted octanol–water partition coefficient (Wildman–Crippen LogP) is 2.71. The third-order valence-corrected chi connectivity index (χ3v) is 3.46. The minimum Gasteiger partial charge on any atom is -0.484 e. The predicted molar refractivity (Wildman–Crippen MR) is 90.6 cm³/mol. The maximum absolute atomic E-state index is 11.7. The maximum atomic E-state index is 11.7. The Morgan fingerprint density at radius 2 is 2.00 bits per heavy atom. The van der Waals surface area contributed by atoms with Crippen LogP contribution in [0.15, 0.2) is 65.9 Å². The van der Waals surface area contributed by atoms with E-state index in [0.717, 1.165) is 16.5 Å². The molecule has 5 heteroatoms. The molecule has 1 aromatic heterocycles. The number of nitrogens with zero attached hydrogens (tertiary/aromatic N) is 2. The van der Waals surface area contributed by atoms with Crippen LogP contribution >= 0.6 is 0 Å². The van der Waals surface area contributed by atoms with Gasteiger partial charge in [-0.05, 0) is 35.0 Å². The molecule has 2 aromatic carbocycles. The van der Waals surface area contributed by atoms with Crippen molar-refractivity contribution in [1.29, 1.82) is 0 Å². The summed E-state index contributed by atoms with van der Waals surface area (Å²) in [5, 5.41) is 6.12. The molecule has 116 valence electrons. The first kappa shape index (κ1) is 14.8. The van der Waals surface area contributed by atoms with Gasteiger partial charge in [0.2, 0.25) is 0 Å². The molecule has 1 N–H and O–H groups in total. The van der Waals surface area contributed by atoms with Gasteiger partial charge in [0.1, 0.15) is 5.75 Å². The first-order chi connectivity index (χ1) is 11.2. The summed E-state index contributed by atoms with van der Waals surface area (Å²) in [5.41, 5.74) is 3.35. The molecule has 0 bridgehead atoms. The smallest absolute Gasteiger partial charge is 0.277 e. The molecule has 0 saturated heterocycles. The van der Waals surface area contributed by atoms with Crippen molar-refractivity contribution in [3.8, 4) is 5.75 Å². The fourth-order valence-corrected chi connectivity index (χ4v) is 2.22. The summed E-state index contributed by atoms with van der Waals surface area (Å²) in [6, 6.07) is 17.5. The molecule has 0 fully saturated rings. The molecule has 0 spiro atoms. The summed E-state index contributed by atoms with van der Waals surface area (Å²) in [7, 11) is 1.91. The minimum atomic E-state index is -0.302. The number of ether oxygens (including phenoxy) is 1. The monoisotopic (exact) mass is 307 g/mol. The van der Waals surface area contributed by atoms with Crippen LogP contribution in [-0.2, 0) is 11.8 Å². The Hall–Kier alpha value is -3.08. The van der Waals surface area contributed by atoms with Gasteiger partial charge in [-0.25, -0.2) is 5.43 Å². The van der Waals surface area contributed by atoms with Crippen molar-refractivity contribution in [3.05, 3.63) is 66.5 Å². The zero-order valence-corrected chi connectivity index (χ0v) is 12.8. The van der Waals surface area contributed by atoms with E-state index in [0.29, 0.717) is 5.75 Å². The summed E-state index contributed by atoms with van der Waals surface area (Å²) in [5.74, 6) is 0.355. The number of aromatic nitrogens is 1. The lowest BCUT2D eigenvalue weighted by Gasteiger charge is -2.06. The molecular weight excluding hydrogens is 290 g/mol. The van der Waals surface area contributed by atoms with Crippen LogP contribution in [0.3, 0.4) is 0 Å². The Labute approximate surface area is 134 Å². The summed E-state index contributed by atoms with van der Waals surface area (Å²) < 4.78 is 7.40. The lowest BCUT2D eigenvalue weighted by atomic mass is 10.1. The van der Waals surface area contributed by atoms with Crippen LogP contribution in [0.2, 0.25) is 0 Å². The number of fused-ring (bicyclic) bond motifs is 1. The van der Waals surface area contributed by atoms with Gasteiger partial charge >= 0.3 is 0 Å². The first-order valence-corrected chi connectivity index (χ1v) is 7.27. The van der Waals surface area contributed by atoms with Crippen molar-refractivity contribution in [2.75, 3.05) is 6.61 Å². The number of carbonyl (C=O) groups excluding carboxylic acids is 1. The number of benzene rings is 2. The van der Waals surface area contributed by atoms with Gasteiger partial charge in [-0.3, -0.25) is 4.79 Å². The van der Waals surface area contributed by atoms with Crippen molar-refractivity contribution >= 4 is 22.9 Å². The van der Waals surface area contributed by atoms with Crippen LogP contribution in [0.25, 0.3) is 10.8 Å². The minimum absolute atomic E-state index is 0.0805. The van der Waals surface area contributed by atoms with Crippen molar-refractivity contribution in [2.45, 2.75) is 0 Å². The molecule has 0 unspecified atom stereocenters. The van der Waals surface area contributed by atoms with Crippen LogP contribution in [-0.4, -0.2) is 23.3 Å². The largest absolute Gasteiger partial charge is 0.484 e. The van der Waals surface area contributed by atoms with E-state index in [1.807, 2.05) is 72.4 Å². The number of aryl methyl sites for hydroxylation is 1. The first-order valence-electron chi connectivity index (χ1n) is 7.27. The molecule has 0 aliphatic carbocycles. The van der Waals surface area contributed by atoms with E-state index in [1.165, 1.54) is 0 Å². The Bertz CT molecular complexity index is 852. The number of amides is 1. The van der Waals surface area contributed by atoms with Gasteiger partial charge in [-0.2, -0.15) is 5.10 Å². The zero-order valence-electron chi connectivity index (χ0n) is 12.8. The second-order valence-electron chi connectivity index (χ2n) is 5.13. The van der Waals surface area contributed by atoms with Gasteiger partial charge in [-0.1, -0.05) is 30.3 Å². The summed E-state index contributed by atoms with van der Waals surface area (Å²) in [4.78, 5) is 11.7. The van der Waals surface area contributed by atoms with Crippen molar-refractivity contribution in [1.82, 2.24) is 9.99 Å². The van der Waals surface area contributed by atoms with Crippen LogP contribution in [0.1, 0.15) is 5.69 Å². The third kappa shape index (κ3) is 3.77. The van der Waals surface area contributed by atoms with Crippen LogP contribution in [0.5, 0.6) is 5.75 Å². The third-order valence-electron chi connectivity index (χ3n) is 3.46. The molecule has 0 atom stereocenters. The van der Waals surface area contributed by atoms with Crippen LogP contribution in [0, 0.1) is 0 Å². The number of nitrogens with one attached hydrogen (secondary N) is 1. The van der Waals surface area contributed by atoms with Crippen molar-refractivity contribution in [2.24, 2.45) is 12.1 Å². The highest BCUT2D eigenvalue weighted by Gasteiger charge is 2.02. The Balaban J connectivity index is 1.53. The Morgan fingerprint density at radius 3 is 2.78 bits per heavy atom. The summed E-state index contributed by atoms with van der Waals surface area (Å²) in [6.45, 7) is -0.0805. The molecule has 1 heterocycles. The number of hydrogen-bond acceptors (Lipinski definition) is 3. The van der Waals surface area contributed by atoms with Gasteiger partial charge in [0, 0.05) is 13.2 Å². The lowest BCUT2D eigenvalue weighted by Crippen LogP contribution is -2.24. The highest BCUT2D eigenvalue weighted by molar-refractivity contribution is 5.84. The Kier molecular flexibility index (Phi) is 4.38. The topological polar surface area (TPSA) is 55.6 Å².